The van der Waals surface area contributed by atoms with E-state index < -0.39 is 24.4 Å². The Bertz CT molecular complexity index is 1210. The van der Waals surface area contributed by atoms with Crippen LogP contribution in [0, 0.1) is 0 Å². The molecule has 3 aromatic rings. The molecule has 1 aliphatic heterocycles. The van der Waals surface area contributed by atoms with Gasteiger partial charge in [0.1, 0.15) is 6.61 Å². The molecule has 7 heteroatoms. The summed E-state index contributed by atoms with van der Waals surface area (Å²) >= 11 is 0. The molecule has 2 N–H and O–H groups in total. The van der Waals surface area contributed by atoms with Crippen LogP contribution in [0.15, 0.2) is 66.7 Å². The molecule has 1 heterocycles. The lowest BCUT2D eigenvalue weighted by Crippen LogP contribution is -2.41. The molecule has 5 rings (SSSR count). The summed E-state index contributed by atoms with van der Waals surface area (Å²) in [6.07, 6.45) is -0.565. The van der Waals surface area contributed by atoms with Gasteiger partial charge in [0.05, 0.1) is 17.8 Å². The van der Waals surface area contributed by atoms with Gasteiger partial charge >= 0.3 is 13.2 Å². The molecule has 0 unspecified atom stereocenters. The van der Waals surface area contributed by atoms with Crippen molar-refractivity contribution >= 4 is 24.4 Å². The SMILES string of the molecule is CC1(C)OB(c2ccc(NC(=O)OCC3c4ccccc4-c4ccccc43)c(CO)c2)OC1(C)C. The Morgan fingerprint density at radius 3 is 2.09 bits per heavy atom. The third-order valence-electron chi connectivity index (χ3n) is 7.41. The number of carbonyl (C=O) groups is 1. The first-order valence-corrected chi connectivity index (χ1v) is 11.9. The molecule has 0 spiro atoms. The number of aliphatic hydroxyl groups is 1. The van der Waals surface area contributed by atoms with Gasteiger partial charge in [-0.15, -0.1) is 0 Å². The second-order valence-corrected chi connectivity index (χ2v) is 10.1. The smallest absolute Gasteiger partial charge is 0.448 e. The van der Waals surface area contributed by atoms with Crippen LogP contribution in [-0.4, -0.2) is 36.1 Å². The third-order valence-corrected chi connectivity index (χ3v) is 7.41. The Morgan fingerprint density at radius 2 is 1.51 bits per heavy atom. The fraction of sp³-hybridized carbons (Fsp3) is 0.321. The average Bonchev–Trinajstić information content (AvgIpc) is 3.27. The molecule has 3 aromatic carbocycles. The summed E-state index contributed by atoms with van der Waals surface area (Å²) in [7, 11) is -0.547. The minimum absolute atomic E-state index is 0.0174. The van der Waals surface area contributed by atoms with E-state index in [9.17, 15) is 9.90 Å². The topological polar surface area (TPSA) is 77.0 Å². The highest BCUT2D eigenvalue weighted by Gasteiger charge is 2.51. The maximum atomic E-state index is 12.7. The zero-order chi connectivity index (χ0) is 24.8. The van der Waals surface area contributed by atoms with Gasteiger partial charge in [0.25, 0.3) is 0 Å². The molecule has 1 saturated heterocycles. The summed E-state index contributed by atoms with van der Waals surface area (Å²) in [5, 5.41) is 12.7. The van der Waals surface area contributed by atoms with Crippen LogP contribution in [0.1, 0.15) is 50.3 Å². The van der Waals surface area contributed by atoms with Crippen LogP contribution in [0.25, 0.3) is 11.1 Å². The van der Waals surface area contributed by atoms with Gasteiger partial charge < -0.3 is 19.2 Å². The average molecular weight is 471 g/mol. The summed E-state index contributed by atoms with van der Waals surface area (Å²) < 4.78 is 17.9. The van der Waals surface area contributed by atoms with E-state index in [1.54, 1.807) is 12.1 Å². The van der Waals surface area contributed by atoms with Crippen LogP contribution < -0.4 is 10.8 Å². The van der Waals surface area contributed by atoms with Crippen LogP contribution in [-0.2, 0) is 20.7 Å². The van der Waals surface area contributed by atoms with E-state index in [4.69, 9.17) is 14.0 Å². The molecule has 0 bridgehead atoms. The fourth-order valence-electron chi connectivity index (χ4n) is 4.74. The van der Waals surface area contributed by atoms with Crippen molar-refractivity contribution in [2.24, 2.45) is 0 Å². The number of benzene rings is 3. The van der Waals surface area contributed by atoms with E-state index in [1.165, 1.54) is 11.1 Å². The number of aliphatic hydroxyl groups excluding tert-OH is 1. The standard InChI is InChI=1S/C28H30BNO5/c1-27(2)28(3,4)35-29(34-27)19-13-14-25(18(15-19)16-31)30-26(32)33-17-24-22-11-7-5-9-20(22)21-10-6-8-12-23(21)24/h5-15,24,31H,16-17H2,1-4H3,(H,30,32). The number of fused-ring (bicyclic) bond motifs is 3. The van der Waals surface area contributed by atoms with Gasteiger partial charge in [-0.1, -0.05) is 60.7 Å². The van der Waals surface area contributed by atoms with Gasteiger partial charge in [0.2, 0.25) is 0 Å². The number of hydrogen-bond donors (Lipinski definition) is 2. The molecule has 35 heavy (non-hydrogen) atoms. The Kier molecular flexibility index (Phi) is 5.95. The summed E-state index contributed by atoms with van der Waals surface area (Å²) in [5.74, 6) is -0.0174. The highest BCUT2D eigenvalue weighted by molar-refractivity contribution is 6.62. The van der Waals surface area contributed by atoms with Crippen molar-refractivity contribution in [3.8, 4) is 11.1 Å². The van der Waals surface area contributed by atoms with Crippen LogP contribution in [0.5, 0.6) is 0 Å². The van der Waals surface area contributed by atoms with Gasteiger partial charge in [-0.2, -0.15) is 0 Å². The molecular formula is C28H30BNO5. The van der Waals surface area contributed by atoms with E-state index in [2.05, 4.69) is 29.6 Å². The fourth-order valence-corrected chi connectivity index (χ4v) is 4.74. The van der Waals surface area contributed by atoms with Crippen molar-refractivity contribution in [3.63, 3.8) is 0 Å². The lowest BCUT2D eigenvalue weighted by Gasteiger charge is -2.32. The van der Waals surface area contributed by atoms with E-state index in [0.717, 1.165) is 16.6 Å². The second-order valence-electron chi connectivity index (χ2n) is 10.1. The van der Waals surface area contributed by atoms with Gasteiger partial charge in [-0.05, 0) is 61.5 Å². The lowest BCUT2D eigenvalue weighted by atomic mass is 9.78. The molecule has 0 atom stereocenters. The van der Waals surface area contributed by atoms with Crippen molar-refractivity contribution in [1.29, 1.82) is 0 Å². The lowest BCUT2D eigenvalue weighted by molar-refractivity contribution is 0.00578. The molecule has 0 aromatic heterocycles. The zero-order valence-electron chi connectivity index (χ0n) is 20.5. The number of hydrogen-bond acceptors (Lipinski definition) is 5. The van der Waals surface area contributed by atoms with Gasteiger partial charge in [0.15, 0.2) is 0 Å². The zero-order valence-corrected chi connectivity index (χ0v) is 20.5. The van der Waals surface area contributed by atoms with Gasteiger partial charge in [-0.3, -0.25) is 5.32 Å². The first-order chi connectivity index (χ1) is 16.7. The Hall–Kier alpha value is -3.13. The first-order valence-electron chi connectivity index (χ1n) is 11.9. The van der Waals surface area contributed by atoms with Crippen molar-refractivity contribution in [1.82, 2.24) is 0 Å². The molecule has 1 amide bonds. The Balaban J connectivity index is 1.28. The molecule has 0 saturated carbocycles. The molecule has 6 nitrogen and oxygen atoms in total. The minimum Gasteiger partial charge on any atom is -0.448 e. The molecule has 180 valence electrons. The predicted molar refractivity (Wildman–Crippen MR) is 137 cm³/mol. The number of anilines is 1. The van der Waals surface area contributed by atoms with Gasteiger partial charge in [0, 0.05) is 17.2 Å². The molecule has 2 aliphatic rings. The largest absolute Gasteiger partial charge is 0.494 e. The summed E-state index contributed by atoms with van der Waals surface area (Å²) in [4.78, 5) is 12.7. The molecular weight excluding hydrogens is 441 g/mol. The molecule has 1 fully saturated rings. The number of carbonyl (C=O) groups excluding carboxylic acids is 1. The van der Waals surface area contributed by atoms with E-state index in [1.807, 2.05) is 58.0 Å². The summed E-state index contributed by atoms with van der Waals surface area (Å²) in [5.41, 5.74) is 5.58. The van der Waals surface area contributed by atoms with Crippen LogP contribution in [0.2, 0.25) is 0 Å². The Morgan fingerprint density at radius 1 is 0.943 bits per heavy atom. The summed E-state index contributed by atoms with van der Waals surface area (Å²) in [6, 6.07) is 21.8. The molecule has 0 radical (unpaired) electrons. The van der Waals surface area contributed by atoms with E-state index in [0.29, 0.717) is 11.3 Å². The Labute approximate surface area is 206 Å². The van der Waals surface area contributed by atoms with Crippen molar-refractivity contribution < 1.29 is 23.9 Å². The van der Waals surface area contributed by atoms with Crippen molar-refractivity contribution in [2.45, 2.75) is 51.4 Å². The van der Waals surface area contributed by atoms with Crippen LogP contribution >= 0.6 is 0 Å². The number of amides is 1. The monoisotopic (exact) mass is 471 g/mol. The predicted octanol–water partition coefficient (Wildman–Crippen LogP) is 4.84. The minimum atomic E-state index is -0.565. The van der Waals surface area contributed by atoms with Crippen molar-refractivity contribution in [3.05, 3.63) is 83.4 Å². The third kappa shape index (κ3) is 4.24. The van der Waals surface area contributed by atoms with E-state index in [-0.39, 0.29) is 19.1 Å². The van der Waals surface area contributed by atoms with E-state index >= 15 is 0 Å². The number of ether oxygens (including phenoxy) is 1. The van der Waals surface area contributed by atoms with Crippen LogP contribution in [0.3, 0.4) is 0 Å². The second kappa shape index (κ2) is 8.83. The number of rotatable bonds is 5. The summed E-state index contributed by atoms with van der Waals surface area (Å²) in [6.45, 7) is 7.95. The molecule has 1 aliphatic carbocycles. The first kappa shape index (κ1) is 23.6. The maximum Gasteiger partial charge on any atom is 0.494 e. The highest BCUT2D eigenvalue weighted by atomic mass is 16.7. The normalized spacial score (nSPS) is 17.7. The highest BCUT2D eigenvalue weighted by Crippen LogP contribution is 2.44. The van der Waals surface area contributed by atoms with Crippen molar-refractivity contribution in [2.75, 3.05) is 11.9 Å². The maximum absolute atomic E-state index is 12.7. The quantitative estimate of drug-likeness (QED) is 0.521. The van der Waals surface area contributed by atoms with Crippen LogP contribution in [0.4, 0.5) is 10.5 Å². The number of nitrogens with one attached hydrogen (secondary N) is 1. The van der Waals surface area contributed by atoms with Gasteiger partial charge in [-0.25, -0.2) is 4.79 Å².